The van der Waals surface area contributed by atoms with Crippen LogP contribution in [-0.2, 0) is 25.5 Å². The molecule has 3 rings (SSSR count). The van der Waals surface area contributed by atoms with Crippen molar-refractivity contribution in [2.45, 2.75) is 44.6 Å². The van der Waals surface area contributed by atoms with E-state index in [1.807, 2.05) is 24.3 Å². The van der Waals surface area contributed by atoms with Crippen LogP contribution < -0.4 is 10.2 Å². The number of aryl methyl sites for hydroxylation is 1. The van der Waals surface area contributed by atoms with E-state index in [4.69, 9.17) is 4.74 Å². The summed E-state index contributed by atoms with van der Waals surface area (Å²) in [6.07, 6.45) is 2.60. The van der Waals surface area contributed by atoms with E-state index in [1.54, 1.807) is 4.90 Å². The lowest BCUT2D eigenvalue weighted by Crippen LogP contribution is -2.58. The van der Waals surface area contributed by atoms with E-state index < -0.39 is 17.4 Å². The number of hydrogen-bond acceptors (Lipinski definition) is 4. The average Bonchev–Trinajstić information content (AvgIpc) is 3.05. The molecule has 2 fully saturated rings. The molecule has 0 spiro atoms. The van der Waals surface area contributed by atoms with Crippen LogP contribution in [0.2, 0.25) is 0 Å². The highest BCUT2D eigenvalue weighted by atomic mass is 16.5. The van der Waals surface area contributed by atoms with Gasteiger partial charge in [-0.15, -0.1) is 0 Å². The molecule has 1 aromatic carbocycles. The van der Waals surface area contributed by atoms with Crippen molar-refractivity contribution < 1.29 is 24.2 Å². The maximum Gasteiger partial charge on any atom is 0.329 e. The molecule has 2 N–H and O–H groups in total. The van der Waals surface area contributed by atoms with Crippen LogP contribution in [0.15, 0.2) is 24.3 Å². The molecule has 2 aliphatic heterocycles. The van der Waals surface area contributed by atoms with Crippen molar-refractivity contribution in [1.82, 2.24) is 5.32 Å². The predicted octanol–water partition coefficient (Wildman–Crippen LogP) is 1.74. The van der Waals surface area contributed by atoms with Gasteiger partial charge in [0.25, 0.3) is 0 Å². The van der Waals surface area contributed by atoms with E-state index in [1.165, 1.54) is 5.56 Å². The van der Waals surface area contributed by atoms with Gasteiger partial charge in [0.15, 0.2) is 0 Å². The summed E-state index contributed by atoms with van der Waals surface area (Å²) >= 11 is 0. The minimum absolute atomic E-state index is 0.0920. The third-order valence-corrected chi connectivity index (χ3v) is 5.40. The second kappa shape index (κ2) is 8.08. The minimum Gasteiger partial charge on any atom is -0.480 e. The Kier molecular flexibility index (Phi) is 5.79. The van der Waals surface area contributed by atoms with Crippen LogP contribution in [0.5, 0.6) is 0 Å². The maximum atomic E-state index is 12.7. The summed E-state index contributed by atoms with van der Waals surface area (Å²) in [5.74, 6) is -2.09. The van der Waals surface area contributed by atoms with Crippen molar-refractivity contribution >= 4 is 23.5 Å². The fourth-order valence-corrected chi connectivity index (χ4v) is 3.71. The molecular weight excluding hydrogens is 348 g/mol. The number of hydrogen-bond donors (Lipinski definition) is 2. The Bertz CT molecular complexity index is 710. The number of aliphatic carboxylic acids is 1. The monoisotopic (exact) mass is 374 g/mol. The Morgan fingerprint density at radius 2 is 1.93 bits per heavy atom. The molecule has 0 saturated carbocycles. The SMILES string of the molecule is CCCc1ccc(N2CC(C(=O)NC3(C(=O)O)CCOCC3)CC2=O)cc1. The molecule has 7 heteroatoms. The van der Waals surface area contributed by atoms with Gasteiger partial charge in [-0.05, 0) is 24.1 Å². The Labute approximate surface area is 158 Å². The van der Waals surface area contributed by atoms with Gasteiger partial charge in [0, 0.05) is 44.7 Å². The first-order valence-corrected chi connectivity index (χ1v) is 9.47. The summed E-state index contributed by atoms with van der Waals surface area (Å²) in [6, 6.07) is 7.81. The number of carbonyl (C=O) groups excluding carboxylic acids is 2. The highest BCUT2D eigenvalue weighted by Crippen LogP contribution is 2.28. The van der Waals surface area contributed by atoms with E-state index in [0.29, 0.717) is 13.2 Å². The highest BCUT2D eigenvalue weighted by molar-refractivity contribution is 6.01. The zero-order chi connectivity index (χ0) is 19.4. The Balaban J connectivity index is 1.67. The summed E-state index contributed by atoms with van der Waals surface area (Å²) in [4.78, 5) is 38.4. The van der Waals surface area contributed by atoms with Gasteiger partial charge in [0.05, 0.1) is 5.92 Å². The number of carboxylic acid groups (broad SMARTS) is 1. The van der Waals surface area contributed by atoms with Gasteiger partial charge in [-0.25, -0.2) is 4.79 Å². The molecule has 1 unspecified atom stereocenters. The van der Waals surface area contributed by atoms with Gasteiger partial charge in [-0.2, -0.15) is 0 Å². The van der Waals surface area contributed by atoms with Crippen LogP contribution in [-0.4, -0.2) is 48.2 Å². The second-order valence-corrected chi connectivity index (χ2v) is 7.31. The molecule has 0 aromatic heterocycles. The van der Waals surface area contributed by atoms with E-state index in [0.717, 1.165) is 18.5 Å². The molecule has 2 heterocycles. The molecule has 146 valence electrons. The first-order chi connectivity index (χ1) is 12.9. The van der Waals surface area contributed by atoms with Crippen LogP contribution in [0.3, 0.4) is 0 Å². The summed E-state index contributed by atoms with van der Waals surface area (Å²) in [5, 5.41) is 12.3. The third kappa shape index (κ3) is 4.13. The normalized spacial score (nSPS) is 21.9. The van der Waals surface area contributed by atoms with Crippen molar-refractivity contribution in [1.29, 1.82) is 0 Å². The summed E-state index contributed by atoms with van der Waals surface area (Å²) in [5.41, 5.74) is 0.687. The van der Waals surface area contributed by atoms with E-state index in [-0.39, 0.29) is 37.6 Å². The first-order valence-electron chi connectivity index (χ1n) is 9.47. The van der Waals surface area contributed by atoms with Crippen LogP contribution in [0, 0.1) is 5.92 Å². The summed E-state index contributed by atoms with van der Waals surface area (Å²) in [6.45, 7) is 2.98. The first kappa shape index (κ1) is 19.4. The number of rotatable bonds is 6. The quantitative estimate of drug-likeness (QED) is 0.791. The Morgan fingerprint density at radius 1 is 1.26 bits per heavy atom. The van der Waals surface area contributed by atoms with Gasteiger partial charge in [0.2, 0.25) is 11.8 Å². The smallest absolute Gasteiger partial charge is 0.329 e. The molecule has 27 heavy (non-hydrogen) atoms. The number of anilines is 1. The zero-order valence-electron chi connectivity index (χ0n) is 15.6. The average molecular weight is 374 g/mol. The van der Waals surface area contributed by atoms with E-state index in [2.05, 4.69) is 12.2 Å². The van der Waals surface area contributed by atoms with Crippen molar-refractivity contribution in [2.75, 3.05) is 24.7 Å². The van der Waals surface area contributed by atoms with Gasteiger partial charge < -0.3 is 20.1 Å². The van der Waals surface area contributed by atoms with Crippen LogP contribution >= 0.6 is 0 Å². The number of carboxylic acids is 1. The lowest BCUT2D eigenvalue weighted by Gasteiger charge is -2.34. The topological polar surface area (TPSA) is 95.9 Å². The molecule has 0 radical (unpaired) electrons. The largest absolute Gasteiger partial charge is 0.480 e. The van der Waals surface area contributed by atoms with Gasteiger partial charge in [-0.3, -0.25) is 9.59 Å². The Hall–Kier alpha value is -2.41. The van der Waals surface area contributed by atoms with Crippen LogP contribution in [0.25, 0.3) is 0 Å². The molecule has 1 aromatic rings. The van der Waals surface area contributed by atoms with Gasteiger partial charge in [-0.1, -0.05) is 25.5 Å². The minimum atomic E-state index is -1.30. The number of nitrogens with zero attached hydrogens (tertiary/aromatic N) is 1. The van der Waals surface area contributed by atoms with Crippen molar-refractivity contribution in [3.8, 4) is 0 Å². The van der Waals surface area contributed by atoms with Crippen LogP contribution in [0.4, 0.5) is 5.69 Å². The number of amides is 2. The van der Waals surface area contributed by atoms with Gasteiger partial charge >= 0.3 is 5.97 Å². The third-order valence-electron chi connectivity index (χ3n) is 5.40. The fourth-order valence-electron chi connectivity index (χ4n) is 3.71. The predicted molar refractivity (Wildman–Crippen MR) is 99.5 cm³/mol. The molecule has 0 aliphatic carbocycles. The zero-order valence-corrected chi connectivity index (χ0v) is 15.6. The molecule has 2 saturated heterocycles. The maximum absolute atomic E-state index is 12.7. The number of benzene rings is 1. The molecule has 2 amide bonds. The van der Waals surface area contributed by atoms with Crippen molar-refractivity contribution in [2.24, 2.45) is 5.92 Å². The van der Waals surface area contributed by atoms with E-state index in [9.17, 15) is 19.5 Å². The number of nitrogens with one attached hydrogen (secondary N) is 1. The fraction of sp³-hybridized carbons (Fsp3) is 0.550. The lowest BCUT2D eigenvalue weighted by molar-refractivity contribution is -0.152. The highest BCUT2D eigenvalue weighted by Gasteiger charge is 2.44. The standard InChI is InChI=1S/C20H26N2O5/c1-2-3-14-4-6-16(7-5-14)22-13-15(12-17(22)23)18(24)21-20(19(25)26)8-10-27-11-9-20/h4-7,15H,2-3,8-13H2,1H3,(H,21,24)(H,25,26). The number of ether oxygens (including phenoxy) is 1. The Morgan fingerprint density at radius 3 is 2.52 bits per heavy atom. The lowest BCUT2D eigenvalue weighted by atomic mass is 9.89. The summed E-state index contributed by atoms with van der Waals surface area (Å²) < 4.78 is 5.22. The molecule has 7 nitrogen and oxygen atoms in total. The summed E-state index contributed by atoms with van der Waals surface area (Å²) in [7, 11) is 0. The van der Waals surface area contributed by atoms with E-state index >= 15 is 0 Å². The van der Waals surface area contributed by atoms with Crippen molar-refractivity contribution in [3.05, 3.63) is 29.8 Å². The molecule has 2 aliphatic rings. The molecular formula is C20H26N2O5. The molecule has 1 atom stereocenters. The number of carbonyl (C=O) groups is 3. The second-order valence-electron chi connectivity index (χ2n) is 7.31. The van der Waals surface area contributed by atoms with Crippen LogP contribution in [0.1, 0.15) is 38.2 Å². The molecule has 0 bridgehead atoms. The van der Waals surface area contributed by atoms with Gasteiger partial charge in [0.1, 0.15) is 5.54 Å². The van der Waals surface area contributed by atoms with Crippen molar-refractivity contribution in [3.63, 3.8) is 0 Å².